The molecule has 82 valence electrons. The van der Waals surface area contributed by atoms with Crippen molar-refractivity contribution in [2.24, 2.45) is 11.1 Å². The number of ether oxygens (including phenoxy) is 1. The molecule has 0 aliphatic heterocycles. The molecule has 2 rings (SSSR count). The van der Waals surface area contributed by atoms with Crippen molar-refractivity contribution in [3.63, 3.8) is 0 Å². The second-order valence-electron chi connectivity index (χ2n) is 4.95. The molecule has 0 heterocycles. The van der Waals surface area contributed by atoms with Crippen LogP contribution in [0.25, 0.3) is 0 Å². The van der Waals surface area contributed by atoms with Crippen LogP contribution in [0.5, 0.6) is 0 Å². The van der Waals surface area contributed by atoms with Gasteiger partial charge >= 0.3 is 0 Å². The van der Waals surface area contributed by atoms with E-state index in [0.717, 1.165) is 6.42 Å². The van der Waals surface area contributed by atoms with Crippen LogP contribution in [0.3, 0.4) is 0 Å². The number of hydrogen-bond acceptors (Lipinski definition) is 2. The van der Waals surface area contributed by atoms with Gasteiger partial charge in [0.25, 0.3) is 0 Å². The number of benzene rings is 1. The highest BCUT2D eigenvalue weighted by molar-refractivity contribution is 5.13. The van der Waals surface area contributed by atoms with Gasteiger partial charge in [0.05, 0.1) is 12.7 Å². The topological polar surface area (TPSA) is 35.2 Å². The molecule has 15 heavy (non-hydrogen) atoms. The fraction of sp³-hybridized carbons (Fsp3) is 0.538. The molecule has 0 aromatic heterocycles. The molecule has 0 bridgehead atoms. The zero-order valence-electron chi connectivity index (χ0n) is 9.44. The molecular weight excluding hydrogens is 186 g/mol. The molecule has 1 aromatic rings. The molecule has 1 aliphatic carbocycles. The van der Waals surface area contributed by atoms with Gasteiger partial charge in [-0.25, -0.2) is 0 Å². The third-order valence-electron chi connectivity index (χ3n) is 3.55. The summed E-state index contributed by atoms with van der Waals surface area (Å²) in [6.45, 7) is 5.05. The second-order valence-corrected chi connectivity index (χ2v) is 4.95. The molecule has 0 saturated heterocycles. The van der Waals surface area contributed by atoms with Gasteiger partial charge in [0.1, 0.15) is 0 Å². The maximum Gasteiger partial charge on any atom is 0.0720 e. The predicted molar refractivity (Wildman–Crippen MR) is 61.4 cm³/mol. The molecule has 0 radical (unpaired) electrons. The first-order valence-electron chi connectivity index (χ1n) is 5.52. The van der Waals surface area contributed by atoms with Gasteiger partial charge in [-0.1, -0.05) is 44.2 Å². The first kappa shape index (κ1) is 10.7. The zero-order chi connectivity index (χ0) is 10.9. The Labute approximate surface area is 91.4 Å². The number of nitrogens with two attached hydrogens (primary N) is 1. The predicted octanol–water partition coefficient (Wildman–Crippen LogP) is 2.33. The van der Waals surface area contributed by atoms with Crippen molar-refractivity contribution in [3.05, 3.63) is 35.9 Å². The standard InChI is InChI=1S/C13H19NO/c1-13(2)11(14)8-12(13)15-9-10-6-4-3-5-7-10/h3-7,11-12H,8-9,14H2,1-2H3/t11-,12-/m1/s1. The van der Waals surface area contributed by atoms with Crippen LogP contribution in [-0.4, -0.2) is 12.1 Å². The van der Waals surface area contributed by atoms with Crippen LogP contribution < -0.4 is 5.73 Å². The lowest BCUT2D eigenvalue weighted by Gasteiger charge is -2.49. The smallest absolute Gasteiger partial charge is 0.0720 e. The van der Waals surface area contributed by atoms with Crippen molar-refractivity contribution in [1.82, 2.24) is 0 Å². The van der Waals surface area contributed by atoms with Crippen LogP contribution in [0.2, 0.25) is 0 Å². The molecule has 2 N–H and O–H groups in total. The molecule has 0 spiro atoms. The van der Waals surface area contributed by atoms with E-state index in [1.165, 1.54) is 5.56 Å². The Morgan fingerprint density at radius 3 is 2.53 bits per heavy atom. The van der Waals surface area contributed by atoms with Crippen molar-refractivity contribution in [2.75, 3.05) is 0 Å². The third-order valence-corrected chi connectivity index (χ3v) is 3.55. The highest BCUT2D eigenvalue weighted by Gasteiger charge is 2.46. The van der Waals surface area contributed by atoms with Gasteiger partial charge < -0.3 is 10.5 Å². The van der Waals surface area contributed by atoms with Crippen LogP contribution in [0.15, 0.2) is 30.3 Å². The van der Waals surface area contributed by atoms with E-state index in [9.17, 15) is 0 Å². The van der Waals surface area contributed by atoms with E-state index in [2.05, 4.69) is 26.0 Å². The zero-order valence-corrected chi connectivity index (χ0v) is 9.44. The van der Waals surface area contributed by atoms with Crippen LogP contribution in [0.4, 0.5) is 0 Å². The van der Waals surface area contributed by atoms with Gasteiger partial charge in [0.15, 0.2) is 0 Å². The van der Waals surface area contributed by atoms with Gasteiger partial charge in [-0.3, -0.25) is 0 Å². The van der Waals surface area contributed by atoms with Crippen molar-refractivity contribution < 1.29 is 4.74 Å². The molecular formula is C13H19NO. The Morgan fingerprint density at radius 2 is 2.00 bits per heavy atom. The second kappa shape index (κ2) is 3.95. The summed E-state index contributed by atoms with van der Waals surface area (Å²) in [5.41, 5.74) is 7.30. The average Bonchev–Trinajstić information content (AvgIpc) is 2.25. The Morgan fingerprint density at radius 1 is 1.33 bits per heavy atom. The minimum Gasteiger partial charge on any atom is -0.373 e. The summed E-state index contributed by atoms with van der Waals surface area (Å²) in [5.74, 6) is 0. The maximum absolute atomic E-state index is 5.94. The van der Waals surface area contributed by atoms with Crippen LogP contribution in [-0.2, 0) is 11.3 Å². The molecule has 1 fully saturated rings. The van der Waals surface area contributed by atoms with Gasteiger partial charge in [-0.05, 0) is 12.0 Å². The molecule has 0 unspecified atom stereocenters. The van der Waals surface area contributed by atoms with E-state index >= 15 is 0 Å². The fourth-order valence-corrected chi connectivity index (χ4v) is 1.97. The minimum atomic E-state index is 0.134. The Kier molecular flexibility index (Phi) is 2.81. The van der Waals surface area contributed by atoms with Crippen molar-refractivity contribution in [2.45, 2.75) is 39.0 Å². The summed E-state index contributed by atoms with van der Waals surface area (Å²) in [7, 11) is 0. The normalized spacial score (nSPS) is 28.5. The van der Waals surface area contributed by atoms with Crippen LogP contribution in [0, 0.1) is 5.41 Å². The molecule has 1 saturated carbocycles. The number of hydrogen-bond donors (Lipinski definition) is 1. The molecule has 0 amide bonds. The maximum atomic E-state index is 5.94. The van der Waals surface area contributed by atoms with E-state index < -0.39 is 0 Å². The van der Waals surface area contributed by atoms with E-state index in [4.69, 9.17) is 10.5 Å². The average molecular weight is 205 g/mol. The van der Waals surface area contributed by atoms with Gasteiger partial charge in [-0.2, -0.15) is 0 Å². The van der Waals surface area contributed by atoms with Crippen molar-refractivity contribution >= 4 is 0 Å². The van der Waals surface area contributed by atoms with Gasteiger partial charge in [0.2, 0.25) is 0 Å². The van der Waals surface area contributed by atoms with Crippen molar-refractivity contribution in [3.8, 4) is 0 Å². The summed E-state index contributed by atoms with van der Waals surface area (Å²) >= 11 is 0. The van der Waals surface area contributed by atoms with E-state index in [0.29, 0.717) is 18.8 Å². The van der Waals surface area contributed by atoms with Gasteiger partial charge in [-0.15, -0.1) is 0 Å². The summed E-state index contributed by atoms with van der Waals surface area (Å²) in [6, 6.07) is 10.6. The van der Waals surface area contributed by atoms with E-state index in [1.54, 1.807) is 0 Å². The largest absolute Gasteiger partial charge is 0.373 e. The first-order chi connectivity index (χ1) is 7.10. The molecule has 2 heteroatoms. The van der Waals surface area contributed by atoms with Crippen molar-refractivity contribution in [1.29, 1.82) is 0 Å². The lowest BCUT2D eigenvalue weighted by Crippen LogP contribution is -2.58. The summed E-state index contributed by atoms with van der Waals surface area (Å²) in [6.07, 6.45) is 1.30. The molecule has 1 aromatic carbocycles. The monoisotopic (exact) mass is 205 g/mol. The Balaban J connectivity index is 1.85. The third kappa shape index (κ3) is 2.06. The minimum absolute atomic E-state index is 0.134. The molecule has 2 nitrogen and oxygen atoms in total. The summed E-state index contributed by atoms with van der Waals surface area (Å²) < 4.78 is 5.87. The highest BCUT2D eigenvalue weighted by atomic mass is 16.5. The van der Waals surface area contributed by atoms with Crippen LogP contribution >= 0.6 is 0 Å². The lowest BCUT2D eigenvalue weighted by atomic mass is 9.65. The molecule has 1 aliphatic rings. The first-order valence-corrected chi connectivity index (χ1v) is 5.52. The number of rotatable bonds is 3. The lowest BCUT2D eigenvalue weighted by molar-refractivity contribution is -0.115. The Hall–Kier alpha value is -0.860. The summed E-state index contributed by atoms with van der Waals surface area (Å²) in [5, 5.41) is 0. The highest BCUT2D eigenvalue weighted by Crippen LogP contribution is 2.41. The van der Waals surface area contributed by atoms with Gasteiger partial charge in [0, 0.05) is 11.5 Å². The quantitative estimate of drug-likeness (QED) is 0.822. The summed E-state index contributed by atoms with van der Waals surface area (Å²) in [4.78, 5) is 0. The SMILES string of the molecule is CC1(C)[C@H](N)C[C@H]1OCc1ccccc1. The molecule has 2 atom stereocenters. The fourth-order valence-electron chi connectivity index (χ4n) is 1.97. The Bertz CT molecular complexity index is 321. The van der Waals surface area contributed by atoms with Crippen LogP contribution in [0.1, 0.15) is 25.8 Å². The van der Waals surface area contributed by atoms with E-state index in [-0.39, 0.29) is 5.41 Å². The van der Waals surface area contributed by atoms with E-state index in [1.807, 2.05) is 18.2 Å².